The van der Waals surface area contributed by atoms with E-state index in [4.69, 9.17) is 4.74 Å². The van der Waals surface area contributed by atoms with Crippen molar-refractivity contribution in [3.63, 3.8) is 0 Å². The third kappa shape index (κ3) is 3.91. The molecule has 0 bridgehead atoms. The summed E-state index contributed by atoms with van der Waals surface area (Å²) in [5.41, 5.74) is 2.89. The van der Waals surface area contributed by atoms with Crippen LogP contribution in [0.4, 0.5) is 18.0 Å². The second-order valence-electron chi connectivity index (χ2n) is 5.34. The molecule has 0 saturated heterocycles. The minimum Gasteiger partial charge on any atom is -0.453 e. The number of ether oxygens (including phenoxy) is 1. The number of nitrogens with zero attached hydrogens (tertiary/aromatic N) is 1. The second-order valence-corrected chi connectivity index (χ2v) is 5.34. The quantitative estimate of drug-likeness (QED) is 0.932. The van der Waals surface area contributed by atoms with Crippen molar-refractivity contribution in [2.75, 3.05) is 20.2 Å². The van der Waals surface area contributed by atoms with Gasteiger partial charge < -0.3 is 15.0 Å². The Kier molecular flexibility index (Phi) is 4.95. The molecule has 1 unspecified atom stereocenters. The molecule has 0 aromatic heterocycles. The number of amides is 1. The highest BCUT2D eigenvalue weighted by Gasteiger charge is 2.28. The Morgan fingerprint density at radius 3 is 2.82 bits per heavy atom. The molecule has 0 radical (unpaired) electrons. The number of fused-ring (bicyclic) bond motifs is 1. The predicted octanol–water partition coefficient (Wildman–Crippen LogP) is 3.02. The van der Waals surface area contributed by atoms with Gasteiger partial charge in [0.1, 0.15) is 0 Å². The van der Waals surface area contributed by atoms with Crippen LogP contribution in [0.1, 0.15) is 29.7 Å². The molecule has 1 amide bonds. The first kappa shape index (κ1) is 16.6. The Hall–Kier alpha value is -1.76. The van der Waals surface area contributed by atoms with Gasteiger partial charge in [0.05, 0.1) is 19.7 Å². The van der Waals surface area contributed by atoms with Crippen molar-refractivity contribution in [3.8, 4) is 0 Å². The smallest absolute Gasteiger partial charge is 0.409 e. The molecule has 7 heteroatoms. The molecule has 1 heterocycles. The monoisotopic (exact) mass is 316 g/mol. The second kappa shape index (κ2) is 6.56. The number of methoxy groups -OCH3 is 1. The van der Waals surface area contributed by atoms with Gasteiger partial charge in [-0.15, -0.1) is 0 Å². The van der Waals surface area contributed by atoms with Gasteiger partial charge in [0.25, 0.3) is 0 Å². The van der Waals surface area contributed by atoms with Crippen LogP contribution in [0.5, 0.6) is 0 Å². The lowest BCUT2D eigenvalue weighted by Gasteiger charge is -2.34. The highest BCUT2D eigenvalue weighted by atomic mass is 19.4. The van der Waals surface area contributed by atoms with Gasteiger partial charge in [-0.3, -0.25) is 0 Å². The maximum Gasteiger partial charge on any atom is 0.409 e. The molecular formula is C15H19F3N2O2. The molecule has 4 nitrogen and oxygen atoms in total. The Morgan fingerprint density at radius 2 is 2.18 bits per heavy atom. The standard InChI is InChI=1S/C15H19F3N2O2/c1-10-13-4-3-11(8-19-9-15(16,17)18)7-12(13)5-6-20(10)14(21)22-2/h3-4,7,10,19H,5-6,8-9H2,1-2H3. The molecule has 1 aromatic rings. The highest BCUT2D eigenvalue weighted by molar-refractivity contribution is 5.68. The number of hydrogen-bond donors (Lipinski definition) is 1. The molecule has 1 atom stereocenters. The number of carbonyl (C=O) groups is 1. The van der Waals surface area contributed by atoms with Crippen LogP contribution in [0.15, 0.2) is 18.2 Å². The largest absolute Gasteiger partial charge is 0.453 e. The summed E-state index contributed by atoms with van der Waals surface area (Å²) in [6.07, 6.45) is -3.90. The van der Waals surface area contributed by atoms with Crippen molar-refractivity contribution in [3.05, 3.63) is 34.9 Å². The predicted molar refractivity (Wildman–Crippen MR) is 75.4 cm³/mol. The Bertz CT molecular complexity index is 546. The summed E-state index contributed by atoms with van der Waals surface area (Å²) in [6.45, 7) is 1.62. The molecule has 2 rings (SSSR count). The van der Waals surface area contributed by atoms with Gasteiger partial charge >= 0.3 is 12.3 Å². The number of benzene rings is 1. The van der Waals surface area contributed by atoms with Crippen molar-refractivity contribution in [1.82, 2.24) is 10.2 Å². The molecule has 0 spiro atoms. The zero-order valence-electron chi connectivity index (χ0n) is 12.5. The van der Waals surface area contributed by atoms with E-state index in [-0.39, 0.29) is 18.7 Å². The van der Waals surface area contributed by atoms with Gasteiger partial charge in [-0.1, -0.05) is 18.2 Å². The first-order chi connectivity index (χ1) is 10.3. The molecule has 1 aromatic carbocycles. The van der Waals surface area contributed by atoms with E-state index in [0.717, 1.165) is 16.7 Å². The van der Waals surface area contributed by atoms with Crippen LogP contribution in [0.25, 0.3) is 0 Å². The fraction of sp³-hybridized carbons (Fsp3) is 0.533. The summed E-state index contributed by atoms with van der Waals surface area (Å²) in [7, 11) is 1.35. The lowest BCUT2D eigenvalue weighted by atomic mass is 9.92. The van der Waals surface area contributed by atoms with E-state index < -0.39 is 12.7 Å². The van der Waals surface area contributed by atoms with E-state index in [0.29, 0.717) is 13.0 Å². The molecule has 1 aliphatic rings. The molecule has 122 valence electrons. The van der Waals surface area contributed by atoms with E-state index in [9.17, 15) is 18.0 Å². The van der Waals surface area contributed by atoms with Crippen molar-refractivity contribution in [2.45, 2.75) is 32.1 Å². The van der Waals surface area contributed by atoms with E-state index in [1.54, 1.807) is 11.0 Å². The van der Waals surface area contributed by atoms with Crippen LogP contribution >= 0.6 is 0 Å². The number of carbonyl (C=O) groups excluding carboxylic acids is 1. The zero-order chi connectivity index (χ0) is 16.3. The van der Waals surface area contributed by atoms with Crippen LogP contribution < -0.4 is 5.32 Å². The van der Waals surface area contributed by atoms with E-state index in [1.807, 2.05) is 19.1 Å². The first-order valence-corrected chi connectivity index (χ1v) is 7.05. The van der Waals surface area contributed by atoms with Crippen molar-refractivity contribution in [2.24, 2.45) is 0 Å². The average molecular weight is 316 g/mol. The van der Waals surface area contributed by atoms with Crippen molar-refractivity contribution in [1.29, 1.82) is 0 Å². The van der Waals surface area contributed by atoms with Gasteiger partial charge in [0, 0.05) is 13.1 Å². The number of halogens is 3. The molecule has 0 saturated carbocycles. The zero-order valence-corrected chi connectivity index (χ0v) is 12.5. The van der Waals surface area contributed by atoms with Crippen LogP contribution in [0.3, 0.4) is 0 Å². The molecule has 1 N–H and O–H groups in total. The topological polar surface area (TPSA) is 41.6 Å². The third-order valence-electron chi connectivity index (χ3n) is 3.81. The lowest BCUT2D eigenvalue weighted by molar-refractivity contribution is -0.125. The first-order valence-electron chi connectivity index (χ1n) is 7.05. The van der Waals surface area contributed by atoms with Crippen molar-refractivity contribution >= 4 is 6.09 Å². The summed E-state index contributed by atoms with van der Waals surface area (Å²) in [5, 5.41) is 2.39. The van der Waals surface area contributed by atoms with E-state index >= 15 is 0 Å². The number of hydrogen-bond acceptors (Lipinski definition) is 3. The normalized spacial score (nSPS) is 18.0. The maximum absolute atomic E-state index is 12.1. The summed E-state index contributed by atoms with van der Waals surface area (Å²) >= 11 is 0. The van der Waals surface area contributed by atoms with Crippen LogP contribution in [-0.4, -0.2) is 37.4 Å². The highest BCUT2D eigenvalue weighted by Crippen LogP contribution is 2.30. The van der Waals surface area contributed by atoms with Crippen LogP contribution in [0.2, 0.25) is 0 Å². The van der Waals surface area contributed by atoms with Crippen LogP contribution in [-0.2, 0) is 17.7 Å². The number of nitrogens with one attached hydrogen (secondary N) is 1. The average Bonchev–Trinajstić information content (AvgIpc) is 2.45. The minimum absolute atomic E-state index is 0.103. The molecule has 0 aliphatic carbocycles. The fourth-order valence-electron chi connectivity index (χ4n) is 2.71. The Labute approximate surface area is 127 Å². The van der Waals surface area contributed by atoms with Gasteiger partial charge in [-0.25, -0.2) is 4.79 Å². The molecule has 1 aliphatic heterocycles. The summed E-state index contributed by atoms with van der Waals surface area (Å²) < 4.78 is 41.1. The number of alkyl halides is 3. The summed E-state index contributed by atoms with van der Waals surface area (Å²) in [4.78, 5) is 13.3. The molecule has 0 fully saturated rings. The Balaban J connectivity index is 2.05. The summed E-state index contributed by atoms with van der Waals surface area (Å²) in [5.74, 6) is 0. The minimum atomic E-state index is -4.20. The van der Waals surface area contributed by atoms with E-state index in [1.165, 1.54) is 7.11 Å². The van der Waals surface area contributed by atoms with Gasteiger partial charge in [-0.05, 0) is 30.0 Å². The van der Waals surface area contributed by atoms with Gasteiger partial charge in [-0.2, -0.15) is 13.2 Å². The van der Waals surface area contributed by atoms with Gasteiger partial charge in [0.2, 0.25) is 0 Å². The number of rotatable bonds is 3. The SMILES string of the molecule is COC(=O)N1CCc2cc(CNCC(F)(F)F)ccc2C1C. The molecule has 22 heavy (non-hydrogen) atoms. The van der Waals surface area contributed by atoms with E-state index in [2.05, 4.69) is 5.32 Å². The summed E-state index contributed by atoms with van der Waals surface area (Å²) in [6, 6.07) is 5.47. The van der Waals surface area contributed by atoms with Crippen molar-refractivity contribution < 1.29 is 22.7 Å². The van der Waals surface area contributed by atoms with Crippen LogP contribution in [0, 0.1) is 0 Å². The maximum atomic E-state index is 12.1. The lowest BCUT2D eigenvalue weighted by Crippen LogP contribution is -2.38. The molecular weight excluding hydrogens is 297 g/mol. The third-order valence-corrected chi connectivity index (χ3v) is 3.81. The van der Waals surface area contributed by atoms with Gasteiger partial charge in [0.15, 0.2) is 0 Å². The fourth-order valence-corrected chi connectivity index (χ4v) is 2.71. The Morgan fingerprint density at radius 1 is 1.45 bits per heavy atom.